The number of piperazine rings is 1. The third-order valence-electron chi connectivity index (χ3n) is 6.24. The van der Waals surface area contributed by atoms with Crippen LogP contribution in [0.3, 0.4) is 0 Å². The van der Waals surface area contributed by atoms with Crippen molar-refractivity contribution in [2.75, 3.05) is 5.75 Å². The maximum atomic E-state index is 13.2. The van der Waals surface area contributed by atoms with Crippen LogP contribution < -0.4 is 10.6 Å². The Morgan fingerprint density at radius 1 is 1.25 bits per heavy atom. The van der Waals surface area contributed by atoms with E-state index in [4.69, 9.17) is 0 Å². The highest BCUT2D eigenvalue weighted by Crippen LogP contribution is 2.23. The van der Waals surface area contributed by atoms with E-state index in [1.165, 1.54) is 17.0 Å². The first-order chi connectivity index (χ1) is 15.3. The van der Waals surface area contributed by atoms with Crippen molar-refractivity contribution in [3.8, 4) is 0 Å². The van der Waals surface area contributed by atoms with Gasteiger partial charge < -0.3 is 15.5 Å². The predicted molar refractivity (Wildman–Crippen MR) is 122 cm³/mol. The average molecular weight is 463 g/mol. The second-order valence-corrected chi connectivity index (χ2v) is 8.77. The highest BCUT2D eigenvalue weighted by atomic mass is 32.1. The molecule has 1 unspecified atom stereocenters. The van der Waals surface area contributed by atoms with Gasteiger partial charge in [-0.15, -0.1) is 0 Å². The molecule has 1 aromatic rings. The summed E-state index contributed by atoms with van der Waals surface area (Å²) < 4.78 is 0. The number of hydrogen-bond acceptors (Lipinski definition) is 6. The molecule has 1 saturated heterocycles. The van der Waals surface area contributed by atoms with Crippen molar-refractivity contribution in [3.63, 3.8) is 0 Å². The van der Waals surface area contributed by atoms with Crippen molar-refractivity contribution < 1.29 is 19.3 Å². The normalized spacial score (nSPS) is 22.9. The zero-order chi connectivity index (χ0) is 23.3. The van der Waals surface area contributed by atoms with Crippen LogP contribution in [0.15, 0.2) is 24.3 Å². The van der Waals surface area contributed by atoms with Gasteiger partial charge >= 0.3 is 0 Å². The van der Waals surface area contributed by atoms with Crippen LogP contribution in [0, 0.1) is 10.1 Å². The lowest BCUT2D eigenvalue weighted by Gasteiger charge is -2.42. The monoisotopic (exact) mass is 462 g/mol. The van der Waals surface area contributed by atoms with Crippen molar-refractivity contribution in [2.24, 2.45) is 0 Å². The summed E-state index contributed by atoms with van der Waals surface area (Å²) in [7, 11) is 0. The second-order valence-electron chi connectivity index (χ2n) is 8.40. The molecule has 1 aliphatic carbocycles. The van der Waals surface area contributed by atoms with Crippen LogP contribution in [0.25, 0.3) is 0 Å². The standard InChI is InChI=1S/C22H30N4O5S/c1-2-18(20(27)23-15-6-4-3-5-7-15)25-19(21(28)24-17(13-32)22(25)29)12-14-8-10-16(11-9-14)26(30)31/h8-11,15,17-19,32H,2-7,12-13H2,1H3,(H,23,27)(H,24,28)/t17-,18?,19-/m0/s1. The van der Waals surface area contributed by atoms with E-state index in [1.807, 2.05) is 6.92 Å². The van der Waals surface area contributed by atoms with Crippen LogP contribution >= 0.6 is 12.6 Å². The minimum absolute atomic E-state index is 0.0526. The van der Waals surface area contributed by atoms with Gasteiger partial charge in [0.2, 0.25) is 17.7 Å². The molecule has 3 amide bonds. The lowest BCUT2D eigenvalue weighted by atomic mass is 9.94. The molecule has 0 bridgehead atoms. The van der Waals surface area contributed by atoms with Crippen LogP contribution in [0.2, 0.25) is 0 Å². The van der Waals surface area contributed by atoms with E-state index >= 15 is 0 Å². The molecule has 0 aromatic heterocycles. The first-order valence-corrected chi connectivity index (χ1v) is 11.8. The van der Waals surface area contributed by atoms with Crippen molar-refractivity contribution >= 4 is 36.0 Å². The maximum absolute atomic E-state index is 13.2. The number of nitro benzene ring substituents is 1. The molecule has 1 saturated carbocycles. The lowest BCUT2D eigenvalue weighted by molar-refractivity contribution is -0.384. The molecule has 2 aliphatic rings. The van der Waals surface area contributed by atoms with Crippen LogP contribution in [0.4, 0.5) is 5.69 Å². The van der Waals surface area contributed by atoms with Gasteiger partial charge in [-0.1, -0.05) is 38.3 Å². The minimum Gasteiger partial charge on any atom is -0.352 e. The molecule has 1 aromatic carbocycles. The van der Waals surface area contributed by atoms with Crippen LogP contribution in [-0.4, -0.2) is 57.5 Å². The lowest BCUT2D eigenvalue weighted by Crippen LogP contribution is -2.69. The van der Waals surface area contributed by atoms with Gasteiger partial charge in [0.25, 0.3) is 5.69 Å². The summed E-state index contributed by atoms with van der Waals surface area (Å²) in [6.07, 6.45) is 5.66. The Kier molecular flexibility index (Phi) is 8.11. The fraction of sp³-hybridized carbons (Fsp3) is 0.591. The Labute approximate surface area is 192 Å². The first-order valence-electron chi connectivity index (χ1n) is 11.1. The molecular formula is C22H30N4O5S. The number of nitro groups is 1. The number of nitrogens with one attached hydrogen (secondary N) is 2. The summed E-state index contributed by atoms with van der Waals surface area (Å²) >= 11 is 4.19. The van der Waals surface area contributed by atoms with Crippen molar-refractivity contribution in [2.45, 2.75) is 76.0 Å². The molecule has 0 radical (unpaired) electrons. The molecule has 1 aliphatic heterocycles. The quantitative estimate of drug-likeness (QED) is 0.310. The number of nitrogens with zero attached hydrogens (tertiary/aromatic N) is 2. The van der Waals surface area contributed by atoms with E-state index in [-0.39, 0.29) is 41.6 Å². The second kappa shape index (κ2) is 10.8. The molecule has 3 atom stereocenters. The molecule has 9 nitrogen and oxygen atoms in total. The highest BCUT2D eigenvalue weighted by Gasteiger charge is 2.45. The number of amides is 3. The Morgan fingerprint density at radius 3 is 2.47 bits per heavy atom. The Bertz CT molecular complexity index is 856. The number of rotatable bonds is 8. The van der Waals surface area contributed by atoms with E-state index in [0.717, 1.165) is 32.1 Å². The van der Waals surface area contributed by atoms with E-state index < -0.39 is 23.0 Å². The zero-order valence-electron chi connectivity index (χ0n) is 18.2. The molecule has 10 heteroatoms. The Morgan fingerprint density at radius 2 is 1.91 bits per heavy atom. The predicted octanol–water partition coefficient (Wildman–Crippen LogP) is 1.99. The largest absolute Gasteiger partial charge is 0.352 e. The minimum atomic E-state index is -0.887. The summed E-state index contributed by atoms with van der Waals surface area (Å²) in [6.45, 7) is 1.82. The Hall–Kier alpha value is -2.62. The number of carbonyl (C=O) groups is 3. The van der Waals surface area contributed by atoms with E-state index in [0.29, 0.717) is 12.0 Å². The van der Waals surface area contributed by atoms with Crippen LogP contribution in [0.1, 0.15) is 51.0 Å². The van der Waals surface area contributed by atoms with E-state index in [9.17, 15) is 24.5 Å². The molecule has 2 fully saturated rings. The number of hydrogen-bond donors (Lipinski definition) is 3. The molecule has 2 N–H and O–H groups in total. The van der Waals surface area contributed by atoms with Crippen LogP contribution in [-0.2, 0) is 20.8 Å². The SMILES string of the molecule is CCC(C(=O)NC1CCCCC1)N1C(=O)[C@H](CS)NC(=O)[C@@H]1Cc1ccc([N+](=O)[O-])cc1. The molecule has 32 heavy (non-hydrogen) atoms. The molecular weight excluding hydrogens is 432 g/mol. The number of non-ortho nitro benzene ring substituents is 1. The third-order valence-corrected chi connectivity index (χ3v) is 6.61. The molecule has 3 rings (SSSR count). The third kappa shape index (κ3) is 5.40. The van der Waals surface area contributed by atoms with Crippen molar-refractivity contribution in [1.29, 1.82) is 0 Å². The van der Waals surface area contributed by atoms with E-state index in [2.05, 4.69) is 23.3 Å². The summed E-state index contributed by atoms with van der Waals surface area (Å²) in [6, 6.07) is 3.51. The smallest absolute Gasteiger partial charge is 0.269 e. The summed E-state index contributed by atoms with van der Waals surface area (Å²) in [4.78, 5) is 51.2. The summed E-state index contributed by atoms with van der Waals surface area (Å²) in [5.74, 6) is -0.802. The van der Waals surface area contributed by atoms with Crippen LogP contribution in [0.5, 0.6) is 0 Å². The summed E-state index contributed by atoms with van der Waals surface area (Å²) in [5.41, 5.74) is 0.614. The average Bonchev–Trinajstić information content (AvgIpc) is 2.79. The van der Waals surface area contributed by atoms with Gasteiger partial charge in [0.05, 0.1) is 4.92 Å². The maximum Gasteiger partial charge on any atom is 0.269 e. The fourth-order valence-corrected chi connectivity index (χ4v) is 4.75. The molecule has 0 spiro atoms. The van der Waals surface area contributed by atoms with Gasteiger partial charge in [-0.3, -0.25) is 24.5 Å². The van der Waals surface area contributed by atoms with Gasteiger partial charge in [0.15, 0.2) is 0 Å². The van der Waals surface area contributed by atoms with E-state index in [1.54, 1.807) is 12.1 Å². The first kappa shape index (κ1) is 24.0. The van der Waals surface area contributed by atoms with Crippen molar-refractivity contribution in [1.82, 2.24) is 15.5 Å². The summed E-state index contributed by atoms with van der Waals surface area (Å²) in [5, 5.41) is 16.7. The van der Waals surface area contributed by atoms with Crippen molar-refractivity contribution in [3.05, 3.63) is 39.9 Å². The molecule has 1 heterocycles. The number of carbonyl (C=O) groups excluding carboxylic acids is 3. The Balaban J connectivity index is 1.85. The van der Waals surface area contributed by atoms with Gasteiger partial charge in [-0.05, 0) is 24.8 Å². The van der Waals surface area contributed by atoms with Gasteiger partial charge in [-0.25, -0.2) is 0 Å². The van der Waals surface area contributed by atoms with Gasteiger partial charge in [-0.2, -0.15) is 12.6 Å². The number of benzene rings is 1. The highest BCUT2D eigenvalue weighted by molar-refractivity contribution is 7.80. The molecule has 174 valence electrons. The van der Waals surface area contributed by atoms with Gasteiger partial charge in [0.1, 0.15) is 18.1 Å². The number of thiol groups is 1. The van der Waals surface area contributed by atoms with Gasteiger partial charge in [0, 0.05) is 30.3 Å². The topological polar surface area (TPSA) is 122 Å². The fourth-order valence-electron chi connectivity index (χ4n) is 4.50. The zero-order valence-corrected chi connectivity index (χ0v) is 19.1.